The summed E-state index contributed by atoms with van der Waals surface area (Å²) in [5.74, 6) is -0.359. The van der Waals surface area contributed by atoms with Crippen LogP contribution in [-0.2, 0) is 14.3 Å². The number of hydrogen-bond acceptors (Lipinski definition) is 6. The molecule has 2 fully saturated rings. The lowest BCUT2D eigenvalue weighted by atomic mass is 10.0. The summed E-state index contributed by atoms with van der Waals surface area (Å²) in [7, 11) is 0. The van der Waals surface area contributed by atoms with Gasteiger partial charge in [-0.1, -0.05) is 6.07 Å². The molecule has 0 aliphatic carbocycles. The molecule has 29 heavy (non-hydrogen) atoms. The molecule has 0 bridgehead atoms. The van der Waals surface area contributed by atoms with Crippen molar-refractivity contribution in [3.05, 3.63) is 28.1 Å². The predicted molar refractivity (Wildman–Crippen MR) is 110 cm³/mol. The van der Waals surface area contributed by atoms with Gasteiger partial charge in [0.1, 0.15) is 5.70 Å². The fourth-order valence-corrected chi connectivity index (χ4v) is 5.20. The average molecular weight is 418 g/mol. The van der Waals surface area contributed by atoms with Crippen molar-refractivity contribution < 1.29 is 19.1 Å². The van der Waals surface area contributed by atoms with Crippen LogP contribution in [0.5, 0.6) is 0 Å². The average Bonchev–Trinajstić information content (AvgIpc) is 3.35. The van der Waals surface area contributed by atoms with Crippen LogP contribution in [0.15, 0.2) is 23.2 Å². The van der Waals surface area contributed by atoms with E-state index in [9.17, 15) is 14.4 Å². The van der Waals surface area contributed by atoms with Gasteiger partial charge in [0.2, 0.25) is 0 Å². The molecule has 0 atom stereocenters. The molecular formula is C21H27N3O4S. The Labute approximate surface area is 174 Å². The molecule has 1 aromatic rings. The van der Waals surface area contributed by atoms with E-state index in [0.29, 0.717) is 43.8 Å². The lowest BCUT2D eigenvalue weighted by Gasteiger charge is -2.36. The summed E-state index contributed by atoms with van der Waals surface area (Å²) in [6.45, 7) is 4.75. The molecule has 4 heterocycles. The van der Waals surface area contributed by atoms with E-state index in [0.717, 1.165) is 37.2 Å². The van der Waals surface area contributed by atoms with Crippen LogP contribution >= 0.6 is 11.3 Å². The van der Waals surface area contributed by atoms with E-state index >= 15 is 0 Å². The van der Waals surface area contributed by atoms with Crippen LogP contribution in [0.1, 0.15) is 43.9 Å². The molecule has 0 saturated carbocycles. The second-order valence-electron chi connectivity index (χ2n) is 7.65. The highest BCUT2D eigenvalue weighted by Crippen LogP contribution is 2.37. The van der Waals surface area contributed by atoms with Gasteiger partial charge in [-0.2, -0.15) is 0 Å². The minimum atomic E-state index is -0.323. The molecular weight excluding hydrogens is 390 g/mol. The Morgan fingerprint density at radius 1 is 1.10 bits per heavy atom. The maximum Gasteiger partial charge on any atom is 0.409 e. The van der Waals surface area contributed by atoms with E-state index < -0.39 is 0 Å². The normalized spacial score (nSPS) is 21.3. The number of carbonyl (C=O) groups excluding carboxylic acids is 3. The minimum Gasteiger partial charge on any atom is -0.450 e. The smallest absolute Gasteiger partial charge is 0.409 e. The minimum absolute atomic E-state index is 0.171. The SMILES string of the molecule is CCOC(=O)N1CCC(N2C(=O)C(c3cccs3)=C(N3CCCCC3)C2=O)CC1. The Balaban J connectivity index is 1.56. The first kappa shape index (κ1) is 19.9. The molecule has 3 aliphatic heterocycles. The number of hydrogen-bond donors (Lipinski definition) is 0. The lowest BCUT2D eigenvalue weighted by Crippen LogP contribution is -2.50. The van der Waals surface area contributed by atoms with Gasteiger partial charge in [-0.3, -0.25) is 14.5 Å². The van der Waals surface area contributed by atoms with Crippen molar-refractivity contribution in [1.82, 2.24) is 14.7 Å². The zero-order valence-electron chi connectivity index (χ0n) is 16.8. The Hall–Kier alpha value is -2.35. The van der Waals surface area contributed by atoms with E-state index in [1.807, 2.05) is 17.5 Å². The van der Waals surface area contributed by atoms with E-state index in [4.69, 9.17) is 4.74 Å². The van der Waals surface area contributed by atoms with Gasteiger partial charge in [0.15, 0.2) is 0 Å². The van der Waals surface area contributed by atoms with Crippen LogP contribution in [0.4, 0.5) is 4.79 Å². The van der Waals surface area contributed by atoms with Crippen molar-refractivity contribution in [3.63, 3.8) is 0 Å². The molecule has 0 N–H and O–H groups in total. The summed E-state index contributed by atoms with van der Waals surface area (Å²) in [6, 6.07) is 3.65. The highest BCUT2D eigenvalue weighted by atomic mass is 32.1. The van der Waals surface area contributed by atoms with Gasteiger partial charge in [0.05, 0.1) is 12.2 Å². The number of rotatable bonds is 4. The summed E-state index contributed by atoms with van der Waals surface area (Å²) in [5, 5.41) is 1.94. The number of thiophene rings is 1. The van der Waals surface area contributed by atoms with Crippen molar-refractivity contribution in [2.45, 2.75) is 45.1 Å². The molecule has 7 nitrogen and oxygen atoms in total. The molecule has 0 unspecified atom stereocenters. The number of carbonyl (C=O) groups is 3. The van der Waals surface area contributed by atoms with E-state index in [1.165, 1.54) is 16.2 Å². The third-order valence-corrected chi connectivity index (χ3v) is 6.77. The van der Waals surface area contributed by atoms with Crippen LogP contribution in [0.2, 0.25) is 0 Å². The summed E-state index contributed by atoms with van der Waals surface area (Å²) < 4.78 is 5.07. The second kappa shape index (κ2) is 8.57. The van der Waals surface area contributed by atoms with Crippen molar-refractivity contribution in [2.75, 3.05) is 32.8 Å². The van der Waals surface area contributed by atoms with Crippen LogP contribution in [-0.4, -0.2) is 71.4 Å². The van der Waals surface area contributed by atoms with Gasteiger partial charge in [0.25, 0.3) is 11.8 Å². The topological polar surface area (TPSA) is 70.2 Å². The number of piperidine rings is 2. The molecule has 3 amide bonds. The Morgan fingerprint density at radius 3 is 2.45 bits per heavy atom. The highest BCUT2D eigenvalue weighted by Gasteiger charge is 2.46. The van der Waals surface area contributed by atoms with Crippen LogP contribution in [0.25, 0.3) is 5.57 Å². The largest absolute Gasteiger partial charge is 0.450 e. The van der Waals surface area contributed by atoms with Gasteiger partial charge >= 0.3 is 6.09 Å². The molecule has 8 heteroatoms. The monoisotopic (exact) mass is 417 g/mol. The molecule has 156 valence electrons. The number of amides is 3. The van der Waals surface area contributed by atoms with Crippen molar-refractivity contribution in [1.29, 1.82) is 0 Å². The molecule has 0 aromatic carbocycles. The fourth-order valence-electron chi connectivity index (χ4n) is 4.44. The maximum absolute atomic E-state index is 13.4. The quantitative estimate of drug-likeness (QED) is 0.705. The van der Waals surface area contributed by atoms with Crippen molar-refractivity contribution in [2.24, 2.45) is 0 Å². The molecule has 3 aliphatic rings. The van der Waals surface area contributed by atoms with Crippen LogP contribution < -0.4 is 0 Å². The first-order chi connectivity index (χ1) is 14.1. The standard InChI is InChI=1S/C21H27N3O4S/c1-2-28-21(27)23-12-8-15(9-13-23)24-19(25)17(16-7-6-14-29-16)18(20(24)26)22-10-4-3-5-11-22/h6-7,14-15H,2-5,8-13H2,1H3. The molecule has 0 spiro atoms. The van der Waals surface area contributed by atoms with E-state index in [-0.39, 0.29) is 23.9 Å². The van der Waals surface area contributed by atoms with E-state index in [2.05, 4.69) is 4.90 Å². The van der Waals surface area contributed by atoms with Gasteiger partial charge in [-0.15, -0.1) is 11.3 Å². The molecule has 2 saturated heterocycles. The first-order valence-electron chi connectivity index (χ1n) is 10.4. The van der Waals surface area contributed by atoms with Gasteiger partial charge in [0, 0.05) is 37.1 Å². The zero-order valence-corrected chi connectivity index (χ0v) is 17.6. The zero-order chi connectivity index (χ0) is 20.4. The summed E-state index contributed by atoms with van der Waals surface area (Å²) >= 11 is 1.50. The van der Waals surface area contributed by atoms with Crippen molar-refractivity contribution >= 4 is 34.8 Å². The summed E-state index contributed by atoms with van der Waals surface area (Å²) in [5.41, 5.74) is 1.13. The maximum atomic E-state index is 13.4. The number of nitrogens with zero attached hydrogens (tertiary/aromatic N) is 3. The third-order valence-electron chi connectivity index (χ3n) is 5.89. The molecule has 1 aromatic heterocycles. The number of ether oxygens (including phenoxy) is 1. The predicted octanol–water partition coefficient (Wildman–Crippen LogP) is 2.93. The van der Waals surface area contributed by atoms with Gasteiger partial charge < -0.3 is 14.5 Å². The highest BCUT2D eigenvalue weighted by molar-refractivity contribution is 7.11. The number of likely N-dealkylation sites (tertiary alicyclic amines) is 2. The van der Waals surface area contributed by atoms with Crippen LogP contribution in [0.3, 0.4) is 0 Å². The lowest BCUT2D eigenvalue weighted by molar-refractivity contribution is -0.141. The molecule has 4 rings (SSSR count). The van der Waals surface area contributed by atoms with Gasteiger partial charge in [-0.05, 0) is 50.5 Å². The number of imide groups is 1. The summed E-state index contributed by atoms with van der Waals surface area (Å²) in [4.78, 5) is 44.9. The Kier molecular flexibility index (Phi) is 5.89. The Bertz CT molecular complexity index is 806. The summed E-state index contributed by atoms with van der Waals surface area (Å²) in [6.07, 6.45) is 4.09. The van der Waals surface area contributed by atoms with E-state index in [1.54, 1.807) is 11.8 Å². The molecule has 0 radical (unpaired) electrons. The fraction of sp³-hybridized carbons (Fsp3) is 0.571. The second-order valence-corrected chi connectivity index (χ2v) is 8.59. The van der Waals surface area contributed by atoms with Gasteiger partial charge in [-0.25, -0.2) is 4.79 Å². The third kappa shape index (κ3) is 3.77. The van der Waals surface area contributed by atoms with Crippen molar-refractivity contribution in [3.8, 4) is 0 Å². The Morgan fingerprint density at radius 2 is 1.83 bits per heavy atom. The first-order valence-corrected chi connectivity index (χ1v) is 11.3. The van der Waals surface area contributed by atoms with Crippen LogP contribution in [0, 0.1) is 0 Å².